The van der Waals surface area contributed by atoms with Gasteiger partial charge < -0.3 is 23.8 Å². The highest BCUT2D eigenvalue weighted by atomic mass is 16.5. The highest BCUT2D eigenvalue weighted by Crippen LogP contribution is 2.30. The standard InChI is InChI=1S/C24H27NO6/c1-3-28-20-9-5-19(6-10-20)16-25(2)23(26)17-31-24(27)12-8-18-7-11-21-22(15-18)30-14-4-13-29-21/h5-12,15H,3-4,13-14,16-17H2,1-2H3/b12-8+. The van der Waals surface area contributed by atoms with E-state index < -0.39 is 5.97 Å². The summed E-state index contributed by atoms with van der Waals surface area (Å²) in [5, 5.41) is 0. The topological polar surface area (TPSA) is 74.3 Å². The molecule has 7 nitrogen and oxygen atoms in total. The van der Waals surface area contributed by atoms with Crippen LogP contribution in [0, 0.1) is 0 Å². The molecule has 1 aliphatic heterocycles. The van der Waals surface area contributed by atoms with E-state index in [4.69, 9.17) is 18.9 Å². The van der Waals surface area contributed by atoms with E-state index in [1.807, 2.05) is 43.3 Å². The van der Waals surface area contributed by atoms with Gasteiger partial charge in [0.15, 0.2) is 18.1 Å². The number of amides is 1. The number of hydrogen-bond acceptors (Lipinski definition) is 6. The van der Waals surface area contributed by atoms with Crippen molar-refractivity contribution in [3.63, 3.8) is 0 Å². The molecule has 3 rings (SSSR count). The maximum Gasteiger partial charge on any atom is 0.331 e. The molecule has 0 fully saturated rings. The van der Waals surface area contributed by atoms with E-state index in [1.165, 1.54) is 11.0 Å². The quantitative estimate of drug-likeness (QED) is 0.476. The van der Waals surface area contributed by atoms with E-state index in [-0.39, 0.29) is 12.5 Å². The average Bonchev–Trinajstić information content (AvgIpc) is 3.02. The van der Waals surface area contributed by atoms with E-state index in [0.717, 1.165) is 23.3 Å². The Morgan fingerprint density at radius 2 is 1.81 bits per heavy atom. The van der Waals surface area contributed by atoms with Crippen LogP contribution in [0.1, 0.15) is 24.5 Å². The van der Waals surface area contributed by atoms with Crippen LogP contribution in [0.15, 0.2) is 48.5 Å². The molecule has 0 radical (unpaired) electrons. The highest BCUT2D eigenvalue weighted by molar-refractivity contribution is 5.89. The first-order chi connectivity index (χ1) is 15.0. The molecule has 0 aromatic heterocycles. The van der Waals surface area contributed by atoms with Crippen LogP contribution in [-0.2, 0) is 20.9 Å². The van der Waals surface area contributed by atoms with Crippen LogP contribution in [0.2, 0.25) is 0 Å². The first-order valence-electron chi connectivity index (χ1n) is 10.3. The molecule has 1 aliphatic rings. The maximum atomic E-state index is 12.3. The normalized spacial score (nSPS) is 12.8. The molecule has 0 atom stereocenters. The summed E-state index contributed by atoms with van der Waals surface area (Å²) in [6.07, 6.45) is 3.73. The van der Waals surface area contributed by atoms with Crippen molar-refractivity contribution in [3.8, 4) is 17.2 Å². The van der Waals surface area contributed by atoms with Gasteiger partial charge in [-0.1, -0.05) is 18.2 Å². The third kappa shape index (κ3) is 6.77. The summed E-state index contributed by atoms with van der Waals surface area (Å²) in [7, 11) is 1.67. The Labute approximate surface area is 182 Å². The molecule has 0 aliphatic carbocycles. The molecule has 0 saturated carbocycles. The van der Waals surface area contributed by atoms with Crippen molar-refractivity contribution in [1.29, 1.82) is 0 Å². The second-order valence-corrected chi connectivity index (χ2v) is 7.02. The van der Waals surface area contributed by atoms with Crippen LogP contribution in [0.4, 0.5) is 0 Å². The molecule has 0 N–H and O–H groups in total. The Balaban J connectivity index is 1.46. The number of hydrogen-bond donors (Lipinski definition) is 0. The molecular formula is C24H27NO6. The zero-order chi connectivity index (χ0) is 22.1. The lowest BCUT2D eigenvalue weighted by Crippen LogP contribution is -2.30. The Hall–Kier alpha value is -3.48. The van der Waals surface area contributed by atoms with Crippen molar-refractivity contribution >= 4 is 18.0 Å². The Morgan fingerprint density at radius 3 is 2.55 bits per heavy atom. The number of carbonyl (C=O) groups excluding carboxylic acids is 2. The van der Waals surface area contributed by atoms with Gasteiger partial charge >= 0.3 is 5.97 Å². The summed E-state index contributed by atoms with van der Waals surface area (Å²) in [6.45, 7) is 3.83. The molecule has 0 unspecified atom stereocenters. The predicted octanol–water partition coefficient (Wildman–Crippen LogP) is 3.46. The van der Waals surface area contributed by atoms with Gasteiger partial charge in [0.05, 0.1) is 19.8 Å². The van der Waals surface area contributed by atoms with Gasteiger partial charge in [0, 0.05) is 26.1 Å². The number of likely N-dealkylation sites (N-methyl/N-ethyl adjacent to an activating group) is 1. The molecule has 1 heterocycles. The van der Waals surface area contributed by atoms with Gasteiger partial charge in [-0.25, -0.2) is 4.79 Å². The first-order valence-corrected chi connectivity index (χ1v) is 10.3. The largest absolute Gasteiger partial charge is 0.494 e. The van der Waals surface area contributed by atoms with Crippen molar-refractivity contribution in [1.82, 2.24) is 4.90 Å². The third-order valence-corrected chi connectivity index (χ3v) is 4.60. The zero-order valence-corrected chi connectivity index (χ0v) is 17.8. The molecule has 0 saturated heterocycles. The van der Waals surface area contributed by atoms with Gasteiger partial charge in [-0.15, -0.1) is 0 Å². The minimum Gasteiger partial charge on any atom is -0.494 e. The van der Waals surface area contributed by atoms with Crippen molar-refractivity contribution in [2.75, 3.05) is 33.5 Å². The second kappa shape index (κ2) is 11.1. The van der Waals surface area contributed by atoms with Crippen LogP contribution in [0.3, 0.4) is 0 Å². The number of benzene rings is 2. The molecule has 31 heavy (non-hydrogen) atoms. The lowest BCUT2D eigenvalue weighted by Gasteiger charge is -2.17. The molecule has 1 amide bonds. The lowest BCUT2D eigenvalue weighted by molar-refractivity contribution is -0.147. The summed E-state index contributed by atoms with van der Waals surface area (Å²) < 4.78 is 21.7. The van der Waals surface area contributed by atoms with Gasteiger partial charge in [0.1, 0.15) is 5.75 Å². The average molecular weight is 425 g/mol. The van der Waals surface area contributed by atoms with E-state index in [9.17, 15) is 9.59 Å². The zero-order valence-electron chi connectivity index (χ0n) is 17.8. The minimum absolute atomic E-state index is 0.286. The number of fused-ring (bicyclic) bond motifs is 1. The summed E-state index contributed by atoms with van der Waals surface area (Å²) in [5.41, 5.74) is 1.74. The minimum atomic E-state index is -0.588. The van der Waals surface area contributed by atoms with Crippen molar-refractivity contribution in [3.05, 3.63) is 59.7 Å². The number of esters is 1. The predicted molar refractivity (Wildman–Crippen MR) is 116 cm³/mol. The molecule has 2 aromatic rings. The number of rotatable bonds is 8. The maximum absolute atomic E-state index is 12.3. The summed E-state index contributed by atoms with van der Waals surface area (Å²) in [6, 6.07) is 13.0. The number of nitrogens with zero attached hydrogens (tertiary/aromatic N) is 1. The molecule has 7 heteroatoms. The Kier molecular flexibility index (Phi) is 7.92. The van der Waals surface area contributed by atoms with Gasteiger partial charge in [0.25, 0.3) is 5.91 Å². The van der Waals surface area contributed by atoms with Crippen LogP contribution >= 0.6 is 0 Å². The second-order valence-electron chi connectivity index (χ2n) is 7.02. The lowest BCUT2D eigenvalue weighted by atomic mass is 10.2. The molecule has 0 spiro atoms. The van der Waals surface area contributed by atoms with Gasteiger partial charge in [0.2, 0.25) is 0 Å². The highest BCUT2D eigenvalue weighted by Gasteiger charge is 2.12. The van der Waals surface area contributed by atoms with Crippen LogP contribution in [-0.4, -0.2) is 50.3 Å². The van der Waals surface area contributed by atoms with Gasteiger partial charge in [-0.05, 0) is 48.4 Å². The molecule has 2 aromatic carbocycles. The van der Waals surface area contributed by atoms with Crippen molar-refractivity contribution in [2.45, 2.75) is 19.9 Å². The van der Waals surface area contributed by atoms with Crippen LogP contribution < -0.4 is 14.2 Å². The Morgan fingerprint density at radius 1 is 1.06 bits per heavy atom. The summed E-state index contributed by atoms with van der Waals surface area (Å²) in [5.74, 6) is 1.26. The van der Waals surface area contributed by atoms with Gasteiger partial charge in [-0.3, -0.25) is 4.79 Å². The fourth-order valence-electron chi connectivity index (χ4n) is 2.96. The number of ether oxygens (including phenoxy) is 4. The SMILES string of the molecule is CCOc1ccc(CN(C)C(=O)COC(=O)/C=C/c2ccc3c(c2)OCCCO3)cc1. The summed E-state index contributed by atoms with van der Waals surface area (Å²) in [4.78, 5) is 25.8. The fourth-order valence-corrected chi connectivity index (χ4v) is 2.96. The number of carbonyl (C=O) groups is 2. The fraction of sp³-hybridized carbons (Fsp3) is 0.333. The van der Waals surface area contributed by atoms with Crippen molar-refractivity contribution in [2.24, 2.45) is 0 Å². The van der Waals surface area contributed by atoms with Crippen LogP contribution in [0.5, 0.6) is 17.2 Å². The molecule has 0 bridgehead atoms. The van der Waals surface area contributed by atoms with E-state index in [2.05, 4.69) is 0 Å². The smallest absolute Gasteiger partial charge is 0.331 e. The van der Waals surface area contributed by atoms with Crippen LogP contribution in [0.25, 0.3) is 6.08 Å². The molecule has 164 valence electrons. The third-order valence-electron chi connectivity index (χ3n) is 4.60. The van der Waals surface area contributed by atoms with Crippen molar-refractivity contribution < 1.29 is 28.5 Å². The van der Waals surface area contributed by atoms with E-state index in [0.29, 0.717) is 37.9 Å². The first kappa shape index (κ1) is 22.2. The van der Waals surface area contributed by atoms with E-state index >= 15 is 0 Å². The Bertz CT molecular complexity index is 922. The van der Waals surface area contributed by atoms with Gasteiger partial charge in [-0.2, -0.15) is 0 Å². The monoisotopic (exact) mass is 425 g/mol. The van der Waals surface area contributed by atoms with E-state index in [1.54, 1.807) is 19.2 Å². The molecular weight excluding hydrogens is 398 g/mol. The summed E-state index contributed by atoms with van der Waals surface area (Å²) >= 11 is 0.